The molecule has 0 radical (unpaired) electrons. The van der Waals surface area contributed by atoms with Crippen molar-refractivity contribution in [2.45, 2.75) is 32.4 Å². The second kappa shape index (κ2) is 7.78. The zero-order valence-corrected chi connectivity index (χ0v) is 16.7. The number of hydrogen-bond donors (Lipinski definition) is 1. The van der Waals surface area contributed by atoms with Crippen LogP contribution in [0.2, 0.25) is 0 Å². The third-order valence-corrected chi connectivity index (χ3v) is 5.22. The molecule has 0 amide bonds. The van der Waals surface area contributed by atoms with Crippen molar-refractivity contribution >= 4 is 22.7 Å². The smallest absolute Gasteiger partial charge is 0.307 e. The summed E-state index contributed by atoms with van der Waals surface area (Å²) in [7, 11) is 0. The van der Waals surface area contributed by atoms with Crippen LogP contribution in [0.1, 0.15) is 19.8 Å². The van der Waals surface area contributed by atoms with Crippen LogP contribution >= 0.6 is 0 Å². The number of carbonyl (C=O) groups excluding carboxylic acids is 1. The van der Waals surface area contributed by atoms with Gasteiger partial charge >= 0.3 is 5.97 Å². The summed E-state index contributed by atoms with van der Waals surface area (Å²) in [6.45, 7) is 3.02. The molecule has 31 heavy (non-hydrogen) atoms. The van der Waals surface area contributed by atoms with Crippen LogP contribution in [0, 0.1) is 5.82 Å². The minimum Gasteiger partial charge on any atom is -0.466 e. The molecule has 0 spiro atoms. The number of aryl methyl sites for hydroxylation is 1. The van der Waals surface area contributed by atoms with E-state index in [-0.39, 0.29) is 30.1 Å². The number of benzene rings is 1. The van der Waals surface area contributed by atoms with E-state index in [4.69, 9.17) is 9.26 Å². The maximum atomic E-state index is 13.2. The van der Waals surface area contributed by atoms with Crippen molar-refractivity contribution in [2.24, 2.45) is 0 Å². The lowest BCUT2D eigenvalue weighted by Gasteiger charge is -2.24. The Balaban J connectivity index is 1.58. The van der Waals surface area contributed by atoms with Gasteiger partial charge in [-0.2, -0.15) is 10.1 Å². The molecule has 4 heterocycles. The molecule has 1 unspecified atom stereocenters. The summed E-state index contributed by atoms with van der Waals surface area (Å²) in [5, 5.41) is 12.7. The van der Waals surface area contributed by atoms with Crippen molar-refractivity contribution in [3.63, 3.8) is 0 Å². The number of esters is 1. The number of nitrogens with one attached hydrogen (secondary N) is 1. The van der Waals surface area contributed by atoms with Crippen molar-refractivity contribution < 1.29 is 18.4 Å². The van der Waals surface area contributed by atoms with Gasteiger partial charge in [0.1, 0.15) is 5.82 Å². The largest absolute Gasteiger partial charge is 0.466 e. The van der Waals surface area contributed by atoms with E-state index in [0.29, 0.717) is 42.2 Å². The molecule has 3 aromatic heterocycles. The highest BCUT2D eigenvalue weighted by Gasteiger charge is 2.25. The molecule has 1 aliphatic heterocycles. The monoisotopic (exact) mass is 422 g/mol. The first-order valence-corrected chi connectivity index (χ1v) is 9.99. The summed E-state index contributed by atoms with van der Waals surface area (Å²) in [5.74, 6) is 0.0224. The van der Waals surface area contributed by atoms with Crippen LogP contribution in [0.3, 0.4) is 0 Å². The van der Waals surface area contributed by atoms with Crippen LogP contribution < -0.4 is 5.32 Å². The molecule has 1 N–H and O–H groups in total. The average Bonchev–Trinajstić information content (AvgIpc) is 3.42. The molecule has 158 valence electrons. The van der Waals surface area contributed by atoms with Gasteiger partial charge in [0.05, 0.1) is 35.9 Å². The lowest BCUT2D eigenvalue weighted by Crippen LogP contribution is -2.31. The quantitative estimate of drug-likeness (QED) is 0.488. The summed E-state index contributed by atoms with van der Waals surface area (Å²) in [5.41, 5.74) is 2.67. The molecule has 1 saturated heterocycles. The van der Waals surface area contributed by atoms with Gasteiger partial charge in [-0.1, -0.05) is 5.16 Å². The maximum Gasteiger partial charge on any atom is 0.307 e. The van der Waals surface area contributed by atoms with Gasteiger partial charge in [-0.15, -0.1) is 0 Å². The summed E-state index contributed by atoms with van der Waals surface area (Å²) < 4.78 is 25.6. The Morgan fingerprint density at radius 2 is 2.10 bits per heavy atom. The molecule has 1 atom stereocenters. The van der Waals surface area contributed by atoms with E-state index in [1.165, 1.54) is 12.1 Å². The number of hydrogen-bond acceptors (Lipinski definition) is 8. The molecule has 0 aliphatic carbocycles. The predicted octanol–water partition coefficient (Wildman–Crippen LogP) is 3.42. The molecule has 1 aliphatic rings. The number of fused-ring (bicyclic) bond motifs is 1. The highest BCUT2D eigenvalue weighted by atomic mass is 19.1. The lowest BCUT2D eigenvalue weighted by molar-refractivity contribution is -0.147. The third kappa shape index (κ3) is 3.60. The molecule has 1 fully saturated rings. The minimum absolute atomic E-state index is 0.102. The van der Waals surface area contributed by atoms with Gasteiger partial charge in [0.2, 0.25) is 5.82 Å². The predicted molar refractivity (Wildman–Crippen MR) is 109 cm³/mol. The van der Waals surface area contributed by atoms with Gasteiger partial charge < -0.3 is 14.6 Å². The Morgan fingerprint density at radius 1 is 1.26 bits per heavy atom. The van der Waals surface area contributed by atoms with Gasteiger partial charge in [0.25, 0.3) is 5.89 Å². The van der Waals surface area contributed by atoms with E-state index < -0.39 is 0 Å². The molecule has 4 aromatic rings. The number of aromatic nitrogens is 5. The number of rotatable bonds is 5. The third-order valence-electron chi connectivity index (χ3n) is 5.22. The Hall–Kier alpha value is -3.82. The van der Waals surface area contributed by atoms with Gasteiger partial charge in [-0.25, -0.2) is 14.1 Å². The van der Waals surface area contributed by atoms with Crippen LogP contribution in [-0.4, -0.2) is 43.5 Å². The standard InChI is InChI=1S/C21H19FN6O3/c1-2-28-20-15(11-24-28)18(25-14-7-8-30-17(29)9-14)16(10-23-20)21-26-19(27-31-21)12-3-5-13(22)6-4-12/h3-6,10-11,14H,2,7-9H2,1H3,(H,23,25). The topological polar surface area (TPSA) is 108 Å². The second-order valence-corrected chi connectivity index (χ2v) is 7.23. The summed E-state index contributed by atoms with van der Waals surface area (Å²) in [4.78, 5) is 20.8. The normalized spacial score (nSPS) is 16.5. The van der Waals surface area contributed by atoms with Gasteiger partial charge in [-0.05, 0) is 31.2 Å². The van der Waals surface area contributed by atoms with Crippen molar-refractivity contribution in [3.8, 4) is 22.8 Å². The van der Waals surface area contributed by atoms with Crippen molar-refractivity contribution in [1.29, 1.82) is 0 Å². The van der Waals surface area contributed by atoms with Crippen molar-refractivity contribution in [1.82, 2.24) is 24.9 Å². The van der Waals surface area contributed by atoms with Crippen LogP contribution in [0.4, 0.5) is 10.1 Å². The first kappa shape index (κ1) is 19.2. The minimum atomic E-state index is -0.340. The van der Waals surface area contributed by atoms with Crippen LogP contribution in [-0.2, 0) is 16.1 Å². The fourth-order valence-electron chi connectivity index (χ4n) is 3.63. The van der Waals surface area contributed by atoms with E-state index in [1.54, 1.807) is 29.2 Å². The van der Waals surface area contributed by atoms with Crippen molar-refractivity contribution in [2.75, 3.05) is 11.9 Å². The Bertz CT molecular complexity index is 1250. The zero-order chi connectivity index (χ0) is 21.4. The Morgan fingerprint density at radius 3 is 2.87 bits per heavy atom. The van der Waals surface area contributed by atoms with Gasteiger partial charge in [0.15, 0.2) is 5.65 Å². The molecule has 1 aromatic carbocycles. The maximum absolute atomic E-state index is 13.2. The highest BCUT2D eigenvalue weighted by Crippen LogP contribution is 2.35. The number of cyclic esters (lactones) is 1. The zero-order valence-electron chi connectivity index (χ0n) is 16.7. The number of halogens is 1. The van der Waals surface area contributed by atoms with Crippen LogP contribution in [0.5, 0.6) is 0 Å². The molecular formula is C21H19FN6O3. The van der Waals surface area contributed by atoms with Crippen LogP contribution in [0.15, 0.2) is 41.2 Å². The summed E-state index contributed by atoms with van der Waals surface area (Å²) in [6.07, 6.45) is 4.33. The van der Waals surface area contributed by atoms with E-state index in [9.17, 15) is 9.18 Å². The first-order valence-electron chi connectivity index (χ1n) is 9.99. The number of pyridine rings is 1. The van der Waals surface area contributed by atoms with E-state index in [2.05, 4.69) is 25.5 Å². The summed E-state index contributed by atoms with van der Waals surface area (Å²) in [6, 6.07) is 5.75. The molecule has 0 saturated carbocycles. The van der Waals surface area contributed by atoms with E-state index in [0.717, 1.165) is 11.1 Å². The number of carbonyl (C=O) groups is 1. The molecular weight excluding hydrogens is 403 g/mol. The fraction of sp³-hybridized carbons (Fsp3) is 0.286. The Labute approximate surface area is 176 Å². The molecule has 9 nitrogen and oxygen atoms in total. The first-order chi connectivity index (χ1) is 15.1. The van der Waals surface area contributed by atoms with Gasteiger partial charge in [-0.3, -0.25) is 4.79 Å². The number of nitrogens with zero attached hydrogens (tertiary/aromatic N) is 5. The molecule has 5 rings (SSSR count). The SMILES string of the molecule is CCn1ncc2c(NC3CCOC(=O)C3)c(-c3nc(-c4ccc(F)cc4)no3)cnc21. The Kier molecular flexibility index (Phi) is 4.81. The lowest BCUT2D eigenvalue weighted by atomic mass is 10.1. The van der Waals surface area contributed by atoms with E-state index >= 15 is 0 Å². The molecule has 0 bridgehead atoms. The molecule has 10 heteroatoms. The number of ether oxygens (including phenoxy) is 1. The van der Waals surface area contributed by atoms with Crippen LogP contribution in [0.25, 0.3) is 33.9 Å². The van der Waals surface area contributed by atoms with Crippen molar-refractivity contribution in [3.05, 3.63) is 42.5 Å². The highest BCUT2D eigenvalue weighted by molar-refractivity contribution is 5.97. The van der Waals surface area contributed by atoms with E-state index in [1.807, 2.05) is 6.92 Å². The average molecular weight is 422 g/mol. The van der Waals surface area contributed by atoms with Gasteiger partial charge in [0, 0.05) is 30.8 Å². The summed E-state index contributed by atoms with van der Waals surface area (Å²) >= 11 is 0. The number of anilines is 1. The fourth-order valence-corrected chi connectivity index (χ4v) is 3.63. The second-order valence-electron chi connectivity index (χ2n) is 7.23.